The maximum absolute atomic E-state index is 14.2. The molecule has 2 aromatic carbocycles. The Hall–Kier alpha value is -3.23. The molecule has 0 aliphatic rings. The first-order valence-electron chi connectivity index (χ1n) is 12.5. The number of amides is 1. The van der Waals surface area contributed by atoms with Crippen molar-refractivity contribution in [1.29, 1.82) is 0 Å². The summed E-state index contributed by atoms with van der Waals surface area (Å²) in [5.74, 6) is -1.82. The van der Waals surface area contributed by atoms with Crippen molar-refractivity contribution in [3.63, 3.8) is 0 Å². The van der Waals surface area contributed by atoms with Gasteiger partial charge in [-0.2, -0.15) is 23.0 Å². The Bertz CT molecular complexity index is 1680. The maximum atomic E-state index is 14.2. The Balaban J connectivity index is 1.92. The van der Waals surface area contributed by atoms with Crippen LogP contribution in [0.2, 0.25) is 0 Å². The van der Waals surface area contributed by atoms with E-state index in [2.05, 4.69) is 14.8 Å². The predicted octanol–water partition coefficient (Wildman–Crippen LogP) is 7.10. The first-order chi connectivity index (χ1) is 19.2. The number of hydrogen-bond acceptors (Lipinski definition) is 7. The number of thioether (sulfide) groups is 1. The molecule has 0 radical (unpaired) electrons. The number of benzene rings is 2. The summed E-state index contributed by atoms with van der Waals surface area (Å²) in [7, 11) is -3.98. The van der Waals surface area contributed by atoms with E-state index in [1.54, 1.807) is 19.9 Å². The number of nitrogens with one attached hydrogen (secondary N) is 1. The second-order valence-electron chi connectivity index (χ2n) is 9.36. The molecule has 0 fully saturated rings. The van der Waals surface area contributed by atoms with Crippen LogP contribution in [0.25, 0.3) is 27.5 Å². The molecule has 0 spiro atoms. The zero-order valence-corrected chi connectivity index (χ0v) is 24.9. The third-order valence-electron chi connectivity index (χ3n) is 5.70. The van der Waals surface area contributed by atoms with E-state index in [9.17, 15) is 30.8 Å². The topological polar surface area (TPSA) is 94.0 Å². The molecular weight excluding hydrogens is 601 g/mol. The number of hydrogen-bond donors (Lipinski definition) is 1. The van der Waals surface area contributed by atoms with Gasteiger partial charge >= 0.3 is 6.18 Å². The summed E-state index contributed by atoms with van der Waals surface area (Å²) < 4.78 is 82.6. The standard InChI is InChI=1S/C27H26F4N4O3S3/c1-5-13-41(37,38)34-24(36)23-21(18-7-6-8-20(28)14-18)16(4)33-35(23)26-32-22(25(40-26)39-15(2)3)17-9-11-19(12-10-17)27(29,30)31/h6-12,14-15H,5,13H2,1-4H3,(H,34,36). The molecule has 41 heavy (non-hydrogen) atoms. The summed E-state index contributed by atoms with van der Waals surface area (Å²) in [5.41, 5.74) is 0.697. The van der Waals surface area contributed by atoms with E-state index in [0.717, 1.165) is 23.5 Å². The van der Waals surface area contributed by atoms with Gasteiger partial charge in [-0.1, -0.05) is 56.4 Å². The first kappa shape index (κ1) is 30.7. The lowest BCUT2D eigenvalue weighted by Crippen LogP contribution is -2.34. The molecule has 7 nitrogen and oxygen atoms in total. The number of carbonyl (C=O) groups is 1. The minimum atomic E-state index is -4.50. The molecule has 4 aromatic rings. The number of nitrogens with zero attached hydrogens (tertiary/aromatic N) is 3. The second-order valence-corrected chi connectivity index (χ2v) is 14.0. The zero-order valence-electron chi connectivity index (χ0n) is 22.4. The van der Waals surface area contributed by atoms with Crippen LogP contribution in [0.5, 0.6) is 0 Å². The zero-order chi connectivity index (χ0) is 30.1. The van der Waals surface area contributed by atoms with Gasteiger partial charge in [0, 0.05) is 16.4 Å². The Labute approximate surface area is 243 Å². The fraction of sp³-hybridized carbons (Fsp3) is 0.296. The van der Waals surface area contributed by atoms with Gasteiger partial charge in [-0.25, -0.2) is 22.5 Å². The molecule has 0 aliphatic heterocycles. The number of halogens is 4. The number of aromatic nitrogens is 3. The van der Waals surface area contributed by atoms with Crippen LogP contribution in [0.1, 0.15) is 48.9 Å². The van der Waals surface area contributed by atoms with Crippen molar-refractivity contribution in [2.45, 2.75) is 49.8 Å². The van der Waals surface area contributed by atoms with Crippen LogP contribution in [0, 0.1) is 12.7 Å². The quantitative estimate of drug-likeness (QED) is 0.157. The Kier molecular flexibility index (Phi) is 8.95. The monoisotopic (exact) mass is 626 g/mol. The van der Waals surface area contributed by atoms with Gasteiger partial charge in [0.2, 0.25) is 15.2 Å². The average Bonchev–Trinajstić information content (AvgIpc) is 3.43. The molecular formula is C27H26F4N4O3S3. The molecule has 0 saturated heterocycles. The van der Waals surface area contributed by atoms with Crippen molar-refractivity contribution in [2.75, 3.05) is 5.75 Å². The fourth-order valence-corrected chi connectivity index (χ4v) is 7.55. The van der Waals surface area contributed by atoms with Gasteiger partial charge in [0.25, 0.3) is 5.91 Å². The summed E-state index contributed by atoms with van der Waals surface area (Å²) in [4.78, 5) is 18.2. The van der Waals surface area contributed by atoms with Crippen molar-refractivity contribution in [3.05, 3.63) is 71.3 Å². The summed E-state index contributed by atoms with van der Waals surface area (Å²) in [6.45, 7) is 7.14. The highest BCUT2D eigenvalue weighted by molar-refractivity contribution is 8.01. The molecule has 218 valence electrons. The van der Waals surface area contributed by atoms with E-state index in [1.807, 2.05) is 13.8 Å². The Morgan fingerprint density at radius 1 is 1.12 bits per heavy atom. The number of thiazole rings is 1. The molecule has 0 bridgehead atoms. The van der Waals surface area contributed by atoms with E-state index in [1.165, 1.54) is 46.8 Å². The fourth-order valence-electron chi connectivity index (χ4n) is 4.05. The molecule has 2 heterocycles. The van der Waals surface area contributed by atoms with Crippen LogP contribution < -0.4 is 4.72 Å². The van der Waals surface area contributed by atoms with E-state index >= 15 is 0 Å². The van der Waals surface area contributed by atoms with Crippen LogP contribution in [0.15, 0.2) is 52.7 Å². The number of alkyl halides is 3. The molecule has 0 atom stereocenters. The van der Waals surface area contributed by atoms with Gasteiger partial charge in [-0.3, -0.25) is 4.79 Å². The van der Waals surface area contributed by atoms with Crippen molar-refractivity contribution in [1.82, 2.24) is 19.5 Å². The van der Waals surface area contributed by atoms with E-state index in [-0.39, 0.29) is 33.8 Å². The summed E-state index contributed by atoms with van der Waals surface area (Å²) in [5, 5.41) is 4.76. The van der Waals surface area contributed by atoms with Crippen molar-refractivity contribution in [2.24, 2.45) is 0 Å². The summed E-state index contributed by atoms with van der Waals surface area (Å²) in [6, 6.07) is 10.1. The van der Waals surface area contributed by atoms with Gasteiger partial charge in [0.1, 0.15) is 11.5 Å². The lowest BCUT2D eigenvalue weighted by atomic mass is 10.0. The van der Waals surface area contributed by atoms with Gasteiger partial charge in [-0.05, 0) is 43.2 Å². The molecule has 1 N–H and O–H groups in total. The van der Waals surface area contributed by atoms with Crippen LogP contribution in [0.3, 0.4) is 0 Å². The maximum Gasteiger partial charge on any atom is 0.416 e. The highest BCUT2D eigenvalue weighted by atomic mass is 32.2. The molecule has 2 aromatic heterocycles. The van der Waals surface area contributed by atoms with E-state index in [0.29, 0.717) is 26.7 Å². The van der Waals surface area contributed by atoms with Crippen LogP contribution in [-0.4, -0.2) is 40.1 Å². The third kappa shape index (κ3) is 6.99. The SMILES string of the molecule is CCCS(=O)(=O)NC(=O)c1c(-c2cccc(F)c2)c(C)nn1-c1nc(-c2ccc(C(F)(F)F)cc2)c(SC(C)C)s1. The second kappa shape index (κ2) is 11.9. The van der Waals surface area contributed by atoms with Crippen LogP contribution in [0.4, 0.5) is 17.6 Å². The Morgan fingerprint density at radius 3 is 2.39 bits per heavy atom. The average molecular weight is 627 g/mol. The molecule has 4 rings (SSSR count). The van der Waals surface area contributed by atoms with Gasteiger partial charge < -0.3 is 0 Å². The van der Waals surface area contributed by atoms with E-state index in [4.69, 9.17) is 0 Å². The van der Waals surface area contributed by atoms with E-state index < -0.39 is 33.5 Å². The van der Waals surface area contributed by atoms with Crippen molar-refractivity contribution < 1.29 is 30.8 Å². The lowest BCUT2D eigenvalue weighted by molar-refractivity contribution is -0.137. The highest BCUT2D eigenvalue weighted by Crippen LogP contribution is 2.41. The molecule has 14 heteroatoms. The van der Waals surface area contributed by atoms with Gasteiger partial charge in [0.05, 0.1) is 26.9 Å². The summed E-state index contributed by atoms with van der Waals surface area (Å²) in [6.07, 6.45) is -4.22. The van der Waals surface area contributed by atoms with Crippen molar-refractivity contribution >= 4 is 39.0 Å². The molecule has 1 amide bonds. The number of rotatable bonds is 9. The largest absolute Gasteiger partial charge is 0.416 e. The minimum Gasteiger partial charge on any atom is -0.266 e. The lowest BCUT2D eigenvalue weighted by Gasteiger charge is -2.10. The number of sulfonamides is 1. The highest BCUT2D eigenvalue weighted by Gasteiger charge is 2.31. The first-order valence-corrected chi connectivity index (χ1v) is 15.8. The molecule has 0 saturated carbocycles. The molecule has 0 aliphatic carbocycles. The Morgan fingerprint density at radius 2 is 1.80 bits per heavy atom. The van der Waals surface area contributed by atoms with Crippen molar-refractivity contribution in [3.8, 4) is 27.5 Å². The van der Waals surface area contributed by atoms with Gasteiger partial charge in [0.15, 0.2) is 0 Å². The smallest absolute Gasteiger partial charge is 0.266 e. The van der Waals surface area contributed by atoms with Crippen LogP contribution >= 0.6 is 23.1 Å². The normalized spacial score (nSPS) is 12.2. The number of aryl methyl sites for hydroxylation is 1. The predicted molar refractivity (Wildman–Crippen MR) is 152 cm³/mol. The van der Waals surface area contributed by atoms with Crippen LogP contribution in [-0.2, 0) is 16.2 Å². The minimum absolute atomic E-state index is 0.0840. The summed E-state index contributed by atoms with van der Waals surface area (Å²) >= 11 is 2.58. The van der Waals surface area contributed by atoms with Gasteiger partial charge in [-0.15, -0.1) is 11.8 Å². The molecule has 0 unspecified atom stereocenters. The third-order valence-corrected chi connectivity index (χ3v) is 9.39. The number of carbonyl (C=O) groups excluding carboxylic acids is 1.